The number of carbonyl (C=O) groups excluding carboxylic acids is 1. The van der Waals surface area contributed by atoms with Crippen LogP contribution in [0.25, 0.3) is 11.0 Å². The van der Waals surface area contributed by atoms with Gasteiger partial charge in [0, 0.05) is 5.41 Å². The zero-order valence-corrected chi connectivity index (χ0v) is 12.6. The minimum absolute atomic E-state index is 0.0459. The number of benzene rings is 1. The first-order valence-electron chi connectivity index (χ1n) is 7.03. The molecule has 1 fully saturated rings. The highest BCUT2D eigenvalue weighted by atomic mass is 35.5. The maximum absolute atomic E-state index is 12.5. The lowest BCUT2D eigenvalue weighted by molar-refractivity contribution is -0.126. The Balaban J connectivity index is 1.87. The Morgan fingerprint density at radius 3 is 2.52 bits per heavy atom. The molecule has 2 N–H and O–H groups in total. The number of nitrogens with zero attached hydrogens (tertiary/aromatic N) is 2. The van der Waals surface area contributed by atoms with E-state index in [1.807, 2.05) is 31.2 Å². The van der Waals surface area contributed by atoms with Gasteiger partial charge in [-0.3, -0.25) is 4.79 Å². The van der Waals surface area contributed by atoms with E-state index in [0.717, 1.165) is 25.9 Å². The number of rotatable bonds is 2. The third-order valence-corrected chi connectivity index (χ3v) is 4.28. The average molecular weight is 305 g/mol. The van der Waals surface area contributed by atoms with Crippen molar-refractivity contribution in [2.24, 2.45) is 5.41 Å². The molecule has 5 nitrogen and oxygen atoms in total. The van der Waals surface area contributed by atoms with Crippen molar-refractivity contribution in [3.63, 3.8) is 0 Å². The molecule has 3 rings (SSSR count). The summed E-state index contributed by atoms with van der Waals surface area (Å²) < 4.78 is 0. The summed E-state index contributed by atoms with van der Waals surface area (Å²) in [4.78, 5) is 21.2. The fourth-order valence-corrected chi connectivity index (χ4v) is 2.70. The second-order valence-electron chi connectivity index (χ2n) is 5.62. The molecule has 1 saturated heterocycles. The van der Waals surface area contributed by atoms with Crippen LogP contribution in [0.15, 0.2) is 24.3 Å². The van der Waals surface area contributed by atoms with Crippen LogP contribution in [0.3, 0.4) is 0 Å². The molecule has 0 bridgehead atoms. The highest BCUT2D eigenvalue weighted by Gasteiger charge is 2.35. The van der Waals surface area contributed by atoms with E-state index in [1.165, 1.54) is 0 Å². The summed E-state index contributed by atoms with van der Waals surface area (Å²) >= 11 is 6.13. The van der Waals surface area contributed by atoms with Gasteiger partial charge in [-0.05, 0) is 38.1 Å². The number of halogens is 1. The van der Waals surface area contributed by atoms with E-state index in [4.69, 9.17) is 11.6 Å². The first kappa shape index (κ1) is 14.2. The fraction of sp³-hybridized carbons (Fsp3) is 0.400. The molecule has 2 aromatic rings. The number of amides is 1. The summed E-state index contributed by atoms with van der Waals surface area (Å²) in [7, 11) is 0. The van der Waals surface area contributed by atoms with E-state index < -0.39 is 0 Å². The molecule has 0 aliphatic carbocycles. The van der Waals surface area contributed by atoms with Crippen molar-refractivity contribution in [3.8, 4) is 0 Å². The number of hydrogen-bond donors (Lipinski definition) is 2. The second kappa shape index (κ2) is 5.58. The SMILES string of the molecule is CC1(C(=O)Nc2nc3ccccc3nc2Cl)CCNCC1. The molecule has 0 radical (unpaired) electrons. The van der Waals surface area contributed by atoms with Gasteiger partial charge in [-0.1, -0.05) is 30.7 Å². The van der Waals surface area contributed by atoms with Gasteiger partial charge in [0.2, 0.25) is 5.91 Å². The Kier molecular flexibility index (Phi) is 3.78. The molecular weight excluding hydrogens is 288 g/mol. The molecule has 0 unspecified atom stereocenters. The molecule has 1 aromatic carbocycles. The summed E-state index contributed by atoms with van der Waals surface area (Å²) in [6.07, 6.45) is 1.61. The van der Waals surface area contributed by atoms with Crippen LogP contribution in [0.1, 0.15) is 19.8 Å². The highest BCUT2D eigenvalue weighted by molar-refractivity contribution is 6.32. The Morgan fingerprint density at radius 1 is 1.24 bits per heavy atom. The van der Waals surface area contributed by atoms with Crippen molar-refractivity contribution in [1.82, 2.24) is 15.3 Å². The number of carbonyl (C=O) groups is 1. The number of anilines is 1. The number of nitrogens with one attached hydrogen (secondary N) is 2. The molecule has 0 saturated carbocycles. The van der Waals surface area contributed by atoms with E-state index in [2.05, 4.69) is 20.6 Å². The van der Waals surface area contributed by atoms with Gasteiger partial charge in [0.1, 0.15) is 0 Å². The molecule has 6 heteroatoms. The molecular formula is C15H17ClN4O. The van der Waals surface area contributed by atoms with E-state index in [0.29, 0.717) is 16.9 Å². The molecule has 110 valence electrons. The summed E-state index contributed by atoms with van der Waals surface area (Å²) in [5, 5.41) is 6.32. The number of fused-ring (bicyclic) bond motifs is 1. The topological polar surface area (TPSA) is 66.9 Å². The van der Waals surface area contributed by atoms with E-state index in [1.54, 1.807) is 0 Å². The van der Waals surface area contributed by atoms with Crippen LogP contribution in [-0.4, -0.2) is 29.0 Å². The maximum atomic E-state index is 12.5. The van der Waals surface area contributed by atoms with Crippen molar-refractivity contribution in [2.45, 2.75) is 19.8 Å². The number of aromatic nitrogens is 2. The molecule has 1 aliphatic heterocycles. The van der Waals surface area contributed by atoms with Crippen LogP contribution >= 0.6 is 11.6 Å². The number of para-hydroxylation sites is 2. The molecule has 0 atom stereocenters. The van der Waals surface area contributed by atoms with Crippen molar-refractivity contribution in [1.29, 1.82) is 0 Å². The van der Waals surface area contributed by atoms with E-state index in [-0.39, 0.29) is 16.5 Å². The predicted molar refractivity (Wildman–Crippen MR) is 83.4 cm³/mol. The standard InChI is InChI=1S/C15H17ClN4O/c1-15(6-8-17-9-7-15)14(21)20-13-12(16)18-10-4-2-3-5-11(10)19-13/h2-5,17H,6-9H2,1H3,(H,19,20,21). The van der Waals surface area contributed by atoms with Gasteiger partial charge in [-0.15, -0.1) is 0 Å². The fourth-order valence-electron chi connectivity index (χ4n) is 2.52. The zero-order valence-electron chi connectivity index (χ0n) is 11.8. The van der Waals surface area contributed by atoms with Crippen LogP contribution in [-0.2, 0) is 4.79 Å². The van der Waals surface area contributed by atoms with E-state index >= 15 is 0 Å². The molecule has 0 spiro atoms. The molecule has 1 amide bonds. The van der Waals surface area contributed by atoms with Crippen LogP contribution in [0, 0.1) is 5.41 Å². The Labute approximate surface area is 128 Å². The first-order valence-corrected chi connectivity index (χ1v) is 7.41. The molecule has 2 heterocycles. The third kappa shape index (κ3) is 2.84. The number of piperidine rings is 1. The molecule has 21 heavy (non-hydrogen) atoms. The van der Waals surface area contributed by atoms with Gasteiger partial charge in [-0.25, -0.2) is 9.97 Å². The second-order valence-corrected chi connectivity index (χ2v) is 5.97. The van der Waals surface area contributed by atoms with Gasteiger partial charge in [0.05, 0.1) is 11.0 Å². The normalized spacial score (nSPS) is 17.6. The Morgan fingerprint density at radius 2 is 1.86 bits per heavy atom. The lowest BCUT2D eigenvalue weighted by atomic mass is 9.80. The first-order chi connectivity index (χ1) is 10.1. The largest absolute Gasteiger partial charge is 0.317 e. The molecule has 1 aromatic heterocycles. The summed E-state index contributed by atoms with van der Waals surface area (Å²) in [6, 6.07) is 7.45. The lowest BCUT2D eigenvalue weighted by Crippen LogP contribution is -2.43. The average Bonchev–Trinajstić information content (AvgIpc) is 2.48. The Hall–Kier alpha value is -1.72. The lowest BCUT2D eigenvalue weighted by Gasteiger charge is -2.32. The van der Waals surface area contributed by atoms with E-state index in [9.17, 15) is 4.79 Å². The minimum atomic E-state index is -0.387. The zero-order chi connectivity index (χ0) is 14.9. The minimum Gasteiger partial charge on any atom is -0.317 e. The third-order valence-electron chi connectivity index (χ3n) is 4.02. The highest BCUT2D eigenvalue weighted by Crippen LogP contribution is 2.30. The van der Waals surface area contributed by atoms with Crippen molar-refractivity contribution < 1.29 is 4.79 Å². The summed E-state index contributed by atoms with van der Waals surface area (Å²) in [5.41, 5.74) is 1.04. The monoisotopic (exact) mass is 304 g/mol. The molecule has 1 aliphatic rings. The quantitative estimate of drug-likeness (QED) is 0.895. The van der Waals surface area contributed by atoms with Crippen molar-refractivity contribution in [3.05, 3.63) is 29.4 Å². The van der Waals surface area contributed by atoms with Gasteiger partial charge in [-0.2, -0.15) is 0 Å². The van der Waals surface area contributed by atoms with Gasteiger partial charge >= 0.3 is 0 Å². The summed E-state index contributed by atoms with van der Waals surface area (Å²) in [6.45, 7) is 3.67. The van der Waals surface area contributed by atoms with Crippen molar-refractivity contribution >= 4 is 34.4 Å². The predicted octanol–water partition coefficient (Wildman–Crippen LogP) is 2.61. The van der Waals surface area contributed by atoms with Crippen LogP contribution < -0.4 is 10.6 Å². The van der Waals surface area contributed by atoms with Gasteiger partial charge in [0.25, 0.3) is 0 Å². The van der Waals surface area contributed by atoms with Crippen LogP contribution in [0.5, 0.6) is 0 Å². The number of hydrogen-bond acceptors (Lipinski definition) is 4. The van der Waals surface area contributed by atoms with Crippen LogP contribution in [0.2, 0.25) is 5.15 Å². The Bertz CT molecular complexity index is 682. The van der Waals surface area contributed by atoms with Gasteiger partial charge in [0.15, 0.2) is 11.0 Å². The smallest absolute Gasteiger partial charge is 0.231 e. The summed E-state index contributed by atoms with van der Waals surface area (Å²) in [5.74, 6) is 0.288. The maximum Gasteiger partial charge on any atom is 0.231 e. The van der Waals surface area contributed by atoms with Gasteiger partial charge < -0.3 is 10.6 Å². The van der Waals surface area contributed by atoms with Crippen LogP contribution in [0.4, 0.5) is 5.82 Å². The van der Waals surface area contributed by atoms with Crippen molar-refractivity contribution in [2.75, 3.05) is 18.4 Å².